The summed E-state index contributed by atoms with van der Waals surface area (Å²) in [5, 5.41) is 0.393. The van der Waals surface area contributed by atoms with E-state index in [-0.39, 0.29) is 10.8 Å². The summed E-state index contributed by atoms with van der Waals surface area (Å²) in [6, 6.07) is 1.43. The fraction of sp³-hybridized carbons (Fsp3) is 0.222. The minimum absolute atomic E-state index is 0.183. The largest absolute Gasteiger partial charge is 0.347 e. The van der Waals surface area contributed by atoms with Crippen molar-refractivity contribution < 1.29 is 8.42 Å². The number of nitrogens with zero attached hydrogens (tertiary/aromatic N) is 2. The number of hydrogen-bond acceptors (Lipinski definition) is 4. The van der Waals surface area contributed by atoms with Crippen LogP contribution in [0.25, 0.3) is 0 Å². The Bertz CT molecular complexity index is 619. The third kappa shape index (κ3) is 2.77. The van der Waals surface area contributed by atoms with E-state index in [1.54, 1.807) is 12.4 Å². The SMILES string of the molecule is CN(Cc1ncc[nH]1)S(=O)(=O)c1cc(Cl)c(Br)s1. The second-order valence-corrected chi connectivity index (χ2v) is 8.53. The zero-order valence-electron chi connectivity index (χ0n) is 9.22. The molecule has 0 unspecified atom stereocenters. The molecular formula is C9H9BrClN3O2S2. The highest BCUT2D eigenvalue weighted by atomic mass is 79.9. The molecule has 2 aromatic heterocycles. The number of hydrogen-bond donors (Lipinski definition) is 1. The number of halogens is 2. The Kier molecular flexibility index (Phi) is 4.12. The molecule has 0 bridgehead atoms. The lowest BCUT2D eigenvalue weighted by Gasteiger charge is -2.14. The Hall–Kier alpha value is -0.410. The van der Waals surface area contributed by atoms with Crippen molar-refractivity contribution in [1.29, 1.82) is 0 Å². The number of imidazole rings is 1. The molecule has 0 saturated heterocycles. The van der Waals surface area contributed by atoms with Gasteiger partial charge in [-0.3, -0.25) is 0 Å². The first-order valence-electron chi connectivity index (χ1n) is 4.80. The van der Waals surface area contributed by atoms with Crippen LogP contribution in [0.3, 0.4) is 0 Å². The van der Waals surface area contributed by atoms with E-state index in [9.17, 15) is 8.42 Å². The monoisotopic (exact) mass is 369 g/mol. The second kappa shape index (κ2) is 5.30. The summed E-state index contributed by atoms with van der Waals surface area (Å²) in [6.07, 6.45) is 3.22. The van der Waals surface area contributed by atoms with Gasteiger partial charge in [-0.25, -0.2) is 13.4 Å². The van der Waals surface area contributed by atoms with Crippen LogP contribution in [0, 0.1) is 0 Å². The molecule has 2 aromatic rings. The number of aromatic amines is 1. The second-order valence-electron chi connectivity index (χ2n) is 3.48. The van der Waals surface area contributed by atoms with Gasteiger partial charge < -0.3 is 4.98 Å². The summed E-state index contributed by atoms with van der Waals surface area (Å²) in [4.78, 5) is 6.85. The Morgan fingerprint density at radius 2 is 2.33 bits per heavy atom. The third-order valence-corrected chi connectivity index (χ3v) is 6.94. The first-order valence-corrected chi connectivity index (χ1v) is 8.23. The lowest BCUT2D eigenvalue weighted by molar-refractivity contribution is 0.460. The molecule has 0 fully saturated rings. The van der Waals surface area contributed by atoms with Gasteiger partial charge in [-0.05, 0) is 22.0 Å². The average molecular weight is 371 g/mol. The van der Waals surface area contributed by atoms with Gasteiger partial charge in [0.2, 0.25) is 0 Å². The van der Waals surface area contributed by atoms with Crippen molar-refractivity contribution in [3.63, 3.8) is 0 Å². The van der Waals surface area contributed by atoms with E-state index in [1.807, 2.05) is 0 Å². The molecule has 18 heavy (non-hydrogen) atoms. The van der Waals surface area contributed by atoms with Crippen molar-refractivity contribution in [2.75, 3.05) is 7.05 Å². The topological polar surface area (TPSA) is 66.1 Å². The van der Waals surface area contributed by atoms with Gasteiger partial charge in [-0.1, -0.05) is 11.6 Å². The molecule has 0 aliphatic rings. The molecule has 0 spiro atoms. The van der Waals surface area contributed by atoms with E-state index in [1.165, 1.54) is 17.4 Å². The first-order chi connectivity index (χ1) is 8.41. The van der Waals surface area contributed by atoms with Gasteiger partial charge in [0.25, 0.3) is 10.0 Å². The maximum absolute atomic E-state index is 12.2. The highest BCUT2D eigenvalue weighted by Gasteiger charge is 2.24. The van der Waals surface area contributed by atoms with Crippen LogP contribution in [0.2, 0.25) is 5.02 Å². The van der Waals surface area contributed by atoms with Gasteiger partial charge in [0.05, 0.1) is 15.4 Å². The highest BCUT2D eigenvalue weighted by Crippen LogP contribution is 2.35. The highest BCUT2D eigenvalue weighted by molar-refractivity contribution is 9.11. The fourth-order valence-electron chi connectivity index (χ4n) is 1.29. The smallest absolute Gasteiger partial charge is 0.252 e. The summed E-state index contributed by atoms with van der Waals surface area (Å²) >= 11 is 10.1. The Morgan fingerprint density at radius 1 is 1.61 bits per heavy atom. The van der Waals surface area contributed by atoms with Crippen LogP contribution in [0.15, 0.2) is 26.5 Å². The molecule has 0 aliphatic heterocycles. The molecule has 1 N–H and O–H groups in total. The number of rotatable bonds is 4. The van der Waals surface area contributed by atoms with Crippen LogP contribution in [0.1, 0.15) is 5.82 Å². The molecule has 0 radical (unpaired) electrons. The van der Waals surface area contributed by atoms with Crippen molar-refractivity contribution in [1.82, 2.24) is 14.3 Å². The lowest BCUT2D eigenvalue weighted by atomic mass is 10.6. The number of nitrogens with one attached hydrogen (secondary N) is 1. The fourth-order valence-corrected chi connectivity index (χ4v) is 5.03. The molecule has 0 amide bonds. The molecule has 5 nitrogen and oxygen atoms in total. The van der Waals surface area contributed by atoms with Crippen LogP contribution < -0.4 is 0 Å². The number of sulfonamides is 1. The molecular weight excluding hydrogens is 362 g/mol. The Labute approximate surface area is 122 Å². The summed E-state index contributed by atoms with van der Waals surface area (Å²) in [7, 11) is -2.04. The van der Waals surface area contributed by atoms with E-state index < -0.39 is 10.0 Å². The number of aromatic nitrogens is 2. The van der Waals surface area contributed by atoms with Crippen molar-refractivity contribution >= 4 is 48.9 Å². The lowest BCUT2D eigenvalue weighted by Crippen LogP contribution is -2.26. The molecule has 2 rings (SSSR count). The van der Waals surface area contributed by atoms with Crippen molar-refractivity contribution in [2.45, 2.75) is 10.8 Å². The van der Waals surface area contributed by atoms with Gasteiger partial charge >= 0.3 is 0 Å². The van der Waals surface area contributed by atoms with E-state index >= 15 is 0 Å². The minimum atomic E-state index is -3.54. The first kappa shape index (κ1) is 14.0. The molecule has 2 heterocycles. The predicted molar refractivity (Wildman–Crippen MR) is 74.3 cm³/mol. The van der Waals surface area contributed by atoms with Crippen LogP contribution in [-0.4, -0.2) is 29.7 Å². The molecule has 0 atom stereocenters. The van der Waals surface area contributed by atoms with E-state index in [0.29, 0.717) is 14.6 Å². The van der Waals surface area contributed by atoms with Crippen LogP contribution in [0.5, 0.6) is 0 Å². The van der Waals surface area contributed by atoms with Gasteiger partial charge in [-0.2, -0.15) is 4.31 Å². The molecule has 9 heteroatoms. The normalized spacial score (nSPS) is 12.2. The summed E-state index contributed by atoms with van der Waals surface area (Å²) in [5.74, 6) is 0.586. The maximum atomic E-state index is 12.2. The van der Waals surface area contributed by atoms with Gasteiger partial charge in [0, 0.05) is 19.4 Å². The number of H-pyrrole nitrogens is 1. The van der Waals surface area contributed by atoms with E-state index in [2.05, 4.69) is 25.9 Å². The van der Waals surface area contributed by atoms with Gasteiger partial charge in [0.1, 0.15) is 10.0 Å². The van der Waals surface area contributed by atoms with Crippen molar-refractivity contribution in [3.05, 3.63) is 33.1 Å². The summed E-state index contributed by atoms with van der Waals surface area (Å²) in [6.45, 7) is 0.183. The summed E-state index contributed by atoms with van der Waals surface area (Å²) < 4.78 is 26.5. The van der Waals surface area contributed by atoms with Crippen LogP contribution >= 0.6 is 38.9 Å². The third-order valence-electron chi connectivity index (χ3n) is 2.21. The number of thiophene rings is 1. The summed E-state index contributed by atoms with van der Waals surface area (Å²) in [5.41, 5.74) is 0. The molecule has 0 aromatic carbocycles. The molecule has 98 valence electrons. The van der Waals surface area contributed by atoms with Crippen LogP contribution in [0.4, 0.5) is 0 Å². The molecule has 0 saturated carbocycles. The Balaban J connectivity index is 2.25. The quantitative estimate of drug-likeness (QED) is 0.900. The van der Waals surface area contributed by atoms with Gasteiger partial charge in [-0.15, -0.1) is 11.3 Å². The Morgan fingerprint density at radius 3 is 2.83 bits per heavy atom. The predicted octanol–water partition coefficient (Wildman–Crippen LogP) is 2.71. The van der Waals surface area contributed by atoms with E-state index in [4.69, 9.17) is 11.6 Å². The minimum Gasteiger partial charge on any atom is -0.347 e. The molecule has 0 aliphatic carbocycles. The maximum Gasteiger partial charge on any atom is 0.252 e. The average Bonchev–Trinajstić information content (AvgIpc) is 2.90. The standard InChI is InChI=1S/C9H9BrClN3O2S2/c1-14(5-7-12-2-3-13-7)18(15,16)8-4-6(11)9(10)17-8/h2-4H,5H2,1H3,(H,12,13). The zero-order chi connectivity index (χ0) is 13.3. The zero-order valence-corrected chi connectivity index (χ0v) is 13.2. The van der Waals surface area contributed by atoms with Crippen molar-refractivity contribution in [3.8, 4) is 0 Å². The van der Waals surface area contributed by atoms with Crippen LogP contribution in [-0.2, 0) is 16.6 Å². The van der Waals surface area contributed by atoms with E-state index in [0.717, 1.165) is 11.3 Å². The van der Waals surface area contributed by atoms with Crippen molar-refractivity contribution in [2.24, 2.45) is 0 Å². The van der Waals surface area contributed by atoms with Gasteiger partial charge in [0.15, 0.2) is 0 Å².